The second-order valence-electron chi connectivity index (χ2n) is 4.52. The van der Waals surface area contributed by atoms with Gasteiger partial charge in [0.1, 0.15) is 12.7 Å². The van der Waals surface area contributed by atoms with E-state index in [1.807, 2.05) is 0 Å². The number of hydrogen-bond donors (Lipinski definition) is 0. The molecular weight excluding hydrogens is 284 g/mol. The summed E-state index contributed by atoms with van der Waals surface area (Å²) >= 11 is 0. The average Bonchev–Trinajstić information content (AvgIpc) is 3.09. The zero-order chi connectivity index (χ0) is 15.5. The minimum Gasteiger partial charge on any atom is -0.289 e. The largest absolute Gasteiger partial charge is 0.289 e. The van der Waals surface area contributed by atoms with Crippen LogP contribution >= 0.6 is 0 Å². The predicted octanol–water partition coefficient (Wildman–Crippen LogP) is 2.41. The molecule has 0 radical (unpaired) electrons. The molecule has 108 valence electrons. The standard InChI is InChI=1S/C15H10N4O3/c20-15(12-3-7-14(8-4-12)19(21)22)11-1-5-13(6-2-11)18-10-16-9-17-18/h1-10H. The molecule has 1 aromatic heterocycles. The molecule has 0 N–H and O–H groups in total. The molecule has 0 atom stereocenters. The van der Waals surface area contributed by atoms with E-state index in [0.717, 1.165) is 5.69 Å². The molecule has 3 aromatic rings. The van der Waals surface area contributed by atoms with Gasteiger partial charge in [-0.1, -0.05) is 0 Å². The number of ketones is 1. The van der Waals surface area contributed by atoms with Crippen molar-refractivity contribution >= 4 is 11.5 Å². The van der Waals surface area contributed by atoms with Crippen LogP contribution in [0.15, 0.2) is 61.2 Å². The molecule has 2 aromatic carbocycles. The quantitative estimate of drug-likeness (QED) is 0.418. The van der Waals surface area contributed by atoms with Crippen LogP contribution in [0.2, 0.25) is 0 Å². The van der Waals surface area contributed by atoms with E-state index in [1.54, 1.807) is 35.3 Å². The van der Waals surface area contributed by atoms with Gasteiger partial charge in [0.2, 0.25) is 0 Å². The number of aromatic nitrogens is 3. The maximum atomic E-state index is 12.3. The Labute approximate surface area is 125 Å². The molecule has 7 nitrogen and oxygen atoms in total. The van der Waals surface area contributed by atoms with Crippen LogP contribution < -0.4 is 0 Å². The molecule has 0 aliphatic carbocycles. The molecule has 0 spiro atoms. The van der Waals surface area contributed by atoms with Crippen molar-refractivity contribution in [2.45, 2.75) is 0 Å². The van der Waals surface area contributed by atoms with Crippen LogP contribution in [0.25, 0.3) is 5.69 Å². The van der Waals surface area contributed by atoms with Crippen LogP contribution in [0.1, 0.15) is 15.9 Å². The van der Waals surface area contributed by atoms with E-state index in [4.69, 9.17) is 0 Å². The van der Waals surface area contributed by atoms with Gasteiger partial charge in [0, 0.05) is 23.3 Å². The minimum atomic E-state index is -0.499. The van der Waals surface area contributed by atoms with Crippen LogP contribution in [-0.2, 0) is 0 Å². The summed E-state index contributed by atoms with van der Waals surface area (Å²) < 4.78 is 1.58. The molecule has 3 rings (SSSR count). The lowest BCUT2D eigenvalue weighted by Crippen LogP contribution is -2.02. The number of rotatable bonds is 4. The fraction of sp³-hybridized carbons (Fsp3) is 0. The third-order valence-corrected chi connectivity index (χ3v) is 3.15. The van der Waals surface area contributed by atoms with Crippen molar-refractivity contribution in [2.75, 3.05) is 0 Å². The first-order valence-electron chi connectivity index (χ1n) is 6.39. The van der Waals surface area contributed by atoms with Gasteiger partial charge >= 0.3 is 0 Å². The van der Waals surface area contributed by atoms with Crippen LogP contribution in [0.3, 0.4) is 0 Å². The van der Waals surface area contributed by atoms with E-state index >= 15 is 0 Å². The first-order chi connectivity index (χ1) is 10.6. The van der Waals surface area contributed by atoms with Gasteiger partial charge in [-0.2, -0.15) is 5.10 Å². The van der Waals surface area contributed by atoms with Crippen molar-refractivity contribution < 1.29 is 9.72 Å². The molecular formula is C15H10N4O3. The Bertz CT molecular complexity index is 809. The summed E-state index contributed by atoms with van der Waals surface area (Å²) in [7, 11) is 0. The SMILES string of the molecule is O=C(c1ccc(-n2cncn2)cc1)c1ccc([N+](=O)[O-])cc1. The van der Waals surface area contributed by atoms with E-state index in [1.165, 1.54) is 30.6 Å². The Balaban J connectivity index is 1.84. The maximum Gasteiger partial charge on any atom is 0.269 e. The summed E-state index contributed by atoms with van der Waals surface area (Å²) in [4.78, 5) is 26.3. The normalized spacial score (nSPS) is 10.4. The number of benzene rings is 2. The molecule has 22 heavy (non-hydrogen) atoms. The van der Waals surface area contributed by atoms with Crippen molar-refractivity contribution in [2.24, 2.45) is 0 Å². The van der Waals surface area contributed by atoms with E-state index in [0.29, 0.717) is 11.1 Å². The minimum absolute atomic E-state index is 0.0434. The first kappa shape index (κ1) is 13.6. The van der Waals surface area contributed by atoms with Gasteiger partial charge < -0.3 is 0 Å². The topological polar surface area (TPSA) is 90.9 Å². The molecule has 0 aliphatic heterocycles. The Morgan fingerprint density at radius 3 is 2.09 bits per heavy atom. The second-order valence-corrected chi connectivity index (χ2v) is 4.52. The van der Waals surface area contributed by atoms with Gasteiger partial charge in [-0.05, 0) is 36.4 Å². The number of carbonyl (C=O) groups excluding carboxylic acids is 1. The van der Waals surface area contributed by atoms with Crippen molar-refractivity contribution in [3.63, 3.8) is 0 Å². The number of carbonyl (C=O) groups is 1. The van der Waals surface area contributed by atoms with Gasteiger partial charge in [-0.15, -0.1) is 0 Å². The molecule has 7 heteroatoms. The summed E-state index contributed by atoms with van der Waals surface area (Å²) in [6.45, 7) is 0. The molecule has 0 aliphatic rings. The van der Waals surface area contributed by atoms with Crippen LogP contribution in [0.4, 0.5) is 5.69 Å². The highest BCUT2D eigenvalue weighted by Crippen LogP contribution is 2.16. The van der Waals surface area contributed by atoms with Crippen LogP contribution in [0.5, 0.6) is 0 Å². The molecule has 1 heterocycles. The number of nitro groups is 1. The lowest BCUT2D eigenvalue weighted by atomic mass is 10.0. The summed E-state index contributed by atoms with van der Waals surface area (Å²) in [6.07, 6.45) is 2.99. The molecule has 0 saturated heterocycles. The van der Waals surface area contributed by atoms with Crippen molar-refractivity contribution in [3.05, 3.63) is 82.4 Å². The summed E-state index contributed by atoms with van der Waals surface area (Å²) in [5.41, 5.74) is 1.65. The molecule has 0 unspecified atom stereocenters. The number of nitro benzene ring substituents is 1. The highest BCUT2D eigenvalue weighted by atomic mass is 16.6. The summed E-state index contributed by atoms with van der Waals surface area (Å²) in [5.74, 6) is -0.194. The Hall–Kier alpha value is -3.35. The maximum absolute atomic E-state index is 12.3. The van der Waals surface area contributed by atoms with E-state index < -0.39 is 4.92 Å². The fourth-order valence-corrected chi connectivity index (χ4v) is 2.01. The average molecular weight is 294 g/mol. The summed E-state index contributed by atoms with van der Waals surface area (Å²) in [5, 5.41) is 14.6. The lowest BCUT2D eigenvalue weighted by molar-refractivity contribution is -0.384. The number of non-ortho nitro benzene ring substituents is 1. The van der Waals surface area contributed by atoms with Gasteiger partial charge in [-0.3, -0.25) is 14.9 Å². The Morgan fingerprint density at radius 1 is 1.00 bits per heavy atom. The Morgan fingerprint density at radius 2 is 1.59 bits per heavy atom. The van der Waals surface area contributed by atoms with E-state index in [9.17, 15) is 14.9 Å². The predicted molar refractivity (Wildman–Crippen MR) is 77.9 cm³/mol. The second kappa shape index (κ2) is 5.57. The van der Waals surface area contributed by atoms with Crippen LogP contribution in [-0.4, -0.2) is 25.5 Å². The van der Waals surface area contributed by atoms with Gasteiger partial charge in [0.25, 0.3) is 5.69 Å². The van der Waals surface area contributed by atoms with Gasteiger partial charge in [0.05, 0.1) is 10.6 Å². The van der Waals surface area contributed by atoms with Gasteiger partial charge in [-0.25, -0.2) is 9.67 Å². The highest BCUT2D eigenvalue weighted by molar-refractivity contribution is 6.09. The molecule has 0 saturated carbocycles. The van der Waals surface area contributed by atoms with Crippen molar-refractivity contribution in [1.29, 1.82) is 0 Å². The number of hydrogen-bond acceptors (Lipinski definition) is 5. The smallest absolute Gasteiger partial charge is 0.269 e. The zero-order valence-electron chi connectivity index (χ0n) is 11.3. The first-order valence-corrected chi connectivity index (χ1v) is 6.39. The molecule has 0 fully saturated rings. The van der Waals surface area contributed by atoms with Gasteiger partial charge in [0.15, 0.2) is 5.78 Å². The summed E-state index contributed by atoms with van der Waals surface area (Å²) in [6, 6.07) is 12.4. The zero-order valence-corrected chi connectivity index (χ0v) is 11.3. The van der Waals surface area contributed by atoms with Crippen molar-refractivity contribution in [1.82, 2.24) is 14.8 Å². The third-order valence-electron chi connectivity index (χ3n) is 3.15. The highest BCUT2D eigenvalue weighted by Gasteiger charge is 2.11. The van der Waals surface area contributed by atoms with E-state index in [-0.39, 0.29) is 11.5 Å². The molecule has 0 bridgehead atoms. The lowest BCUT2D eigenvalue weighted by Gasteiger charge is -2.03. The Kier molecular flexibility index (Phi) is 3.45. The molecule has 0 amide bonds. The van der Waals surface area contributed by atoms with Crippen molar-refractivity contribution in [3.8, 4) is 5.69 Å². The number of nitrogens with zero attached hydrogens (tertiary/aromatic N) is 4. The van der Waals surface area contributed by atoms with Crippen LogP contribution in [0, 0.1) is 10.1 Å². The fourth-order valence-electron chi connectivity index (χ4n) is 2.01. The third kappa shape index (κ3) is 2.59. The van der Waals surface area contributed by atoms with E-state index in [2.05, 4.69) is 10.1 Å². The monoisotopic (exact) mass is 294 g/mol.